The Kier molecular flexibility index (Phi) is 5.20. The van der Waals surface area contributed by atoms with Crippen molar-refractivity contribution in [2.75, 3.05) is 5.75 Å². The molecule has 17 heavy (non-hydrogen) atoms. The molecule has 1 amide bonds. The van der Waals surface area contributed by atoms with Crippen LogP contribution < -0.4 is 0 Å². The van der Waals surface area contributed by atoms with E-state index in [4.69, 9.17) is 5.11 Å². The molecule has 0 aliphatic carbocycles. The van der Waals surface area contributed by atoms with E-state index in [2.05, 4.69) is 17.6 Å². The maximum atomic E-state index is 11.8. The number of carboxylic acids is 1. The molecule has 0 aromatic rings. The molecule has 1 atom stereocenters. The lowest BCUT2D eigenvalue weighted by Crippen LogP contribution is -2.51. The first kappa shape index (κ1) is 15.5. The van der Waals surface area contributed by atoms with E-state index in [1.807, 2.05) is 0 Å². The van der Waals surface area contributed by atoms with Crippen LogP contribution in [-0.4, -0.2) is 38.9 Å². The monoisotopic (exact) mass is 266 g/mol. The van der Waals surface area contributed by atoms with Gasteiger partial charge in [-0.2, -0.15) is 22.6 Å². The molecule has 98 valence electrons. The first-order valence-corrected chi connectivity index (χ1v) is 5.24. The summed E-state index contributed by atoms with van der Waals surface area (Å²) in [4.78, 5) is 36.9. The van der Waals surface area contributed by atoms with E-state index in [1.165, 1.54) is 20.8 Å². The molecule has 0 bridgehead atoms. The number of hydrogen-bond acceptors (Lipinski definition) is 6. The van der Waals surface area contributed by atoms with Gasteiger partial charge in [-0.15, -0.1) is 10.1 Å². The summed E-state index contributed by atoms with van der Waals surface area (Å²) in [6.45, 7) is 4.47. The number of thiol groups is 1. The molecule has 0 spiro atoms. The Morgan fingerprint density at radius 2 is 2.00 bits per heavy atom. The van der Waals surface area contributed by atoms with E-state index in [9.17, 15) is 19.7 Å². The molecule has 0 unspecified atom stereocenters. The molecule has 0 saturated heterocycles. The van der Waals surface area contributed by atoms with Gasteiger partial charge in [0.1, 0.15) is 0 Å². The Labute approximate surface area is 103 Å². The third-order valence-electron chi connectivity index (χ3n) is 1.74. The summed E-state index contributed by atoms with van der Waals surface area (Å²) in [6, 6.07) is -1.52. The fourth-order valence-corrected chi connectivity index (χ4v) is 1.19. The van der Waals surface area contributed by atoms with Crippen LogP contribution in [0.15, 0.2) is 0 Å². The molecule has 0 radical (unpaired) electrons. The number of carbonyl (C=O) groups excluding carboxylic acids is 1. The van der Waals surface area contributed by atoms with Gasteiger partial charge in [0.25, 0.3) is 5.91 Å². The minimum atomic E-state index is -1.52. The normalized spacial score (nSPS) is 12.7. The summed E-state index contributed by atoms with van der Waals surface area (Å²) >= 11 is 3.73. The Bertz CT molecular complexity index is 326. The van der Waals surface area contributed by atoms with Crippen molar-refractivity contribution in [2.45, 2.75) is 26.8 Å². The zero-order chi connectivity index (χ0) is 13.8. The predicted octanol–water partition coefficient (Wildman–Crippen LogP) is 0.367. The van der Waals surface area contributed by atoms with Crippen LogP contribution in [-0.2, 0) is 14.5 Å². The van der Waals surface area contributed by atoms with Crippen molar-refractivity contribution in [3.8, 4) is 0 Å². The minimum Gasteiger partial charge on any atom is -0.480 e. The highest BCUT2D eigenvalue weighted by atomic mass is 32.1. The first-order valence-electron chi connectivity index (χ1n) is 4.61. The summed E-state index contributed by atoms with van der Waals surface area (Å²) < 4.78 is 0. The molecule has 0 fully saturated rings. The average Bonchev–Trinajstić information content (AvgIpc) is 2.13. The second kappa shape index (κ2) is 5.71. The van der Waals surface area contributed by atoms with Crippen molar-refractivity contribution >= 4 is 24.5 Å². The second-order valence-electron chi connectivity index (χ2n) is 4.22. The molecule has 9 heteroatoms. The Balaban J connectivity index is 5.19. The molecule has 0 aliphatic rings. The van der Waals surface area contributed by atoms with E-state index in [-0.39, 0.29) is 10.8 Å². The maximum absolute atomic E-state index is 11.8. The number of aliphatic carboxylic acids is 1. The molecule has 8 nitrogen and oxygen atoms in total. The molecule has 0 aromatic carbocycles. The lowest BCUT2D eigenvalue weighted by molar-refractivity contribution is -0.805. The Morgan fingerprint density at radius 3 is 2.24 bits per heavy atom. The molecule has 1 N–H and O–H groups in total. The van der Waals surface area contributed by atoms with Crippen LogP contribution in [0.2, 0.25) is 0 Å². The van der Waals surface area contributed by atoms with Gasteiger partial charge in [0.15, 0.2) is 6.04 Å². The molecule has 0 aliphatic heterocycles. The van der Waals surface area contributed by atoms with Crippen LogP contribution in [0.4, 0.5) is 0 Å². The summed E-state index contributed by atoms with van der Waals surface area (Å²) in [5.41, 5.74) is -1.01. The maximum Gasteiger partial charge on any atom is 0.329 e. The van der Waals surface area contributed by atoms with E-state index >= 15 is 0 Å². The van der Waals surface area contributed by atoms with Crippen molar-refractivity contribution in [2.24, 2.45) is 5.41 Å². The van der Waals surface area contributed by atoms with Crippen LogP contribution in [0.3, 0.4) is 0 Å². The second-order valence-corrected chi connectivity index (χ2v) is 4.59. The van der Waals surface area contributed by atoms with Crippen LogP contribution in [0, 0.1) is 15.5 Å². The Morgan fingerprint density at radius 1 is 1.53 bits per heavy atom. The molecular weight excluding hydrogens is 252 g/mol. The van der Waals surface area contributed by atoms with Gasteiger partial charge in [-0.25, -0.2) is 4.79 Å². The van der Waals surface area contributed by atoms with Gasteiger partial charge < -0.3 is 5.11 Å². The Hall–Kier alpha value is -1.51. The van der Waals surface area contributed by atoms with E-state index in [1.54, 1.807) is 0 Å². The van der Waals surface area contributed by atoms with Gasteiger partial charge in [-0.1, -0.05) is 20.8 Å². The number of hydrogen-bond donors (Lipinski definition) is 2. The smallest absolute Gasteiger partial charge is 0.329 e. The van der Waals surface area contributed by atoms with Crippen molar-refractivity contribution in [3.63, 3.8) is 0 Å². The highest BCUT2D eigenvalue weighted by Gasteiger charge is 2.37. The standard InChI is InChI=1S/C8H14N2O6S/c1-8(2,3)7(13)9(16-10(14)15)5(4-17)6(11)12/h5,17H,4H2,1-3H3,(H,11,12)/t5-/m0/s1. The SMILES string of the molecule is CC(C)(C)C(=O)N(O[N+](=O)[O-])[C@@H](CS)C(=O)O. The summed E-state index contributed by atoms with van der Waals surface area (Å²) in [5, 5.41) is 18.1. The first-order chi connectivity index (χ1) is 7.61. The molecule has 0 aromatic heterocycles. The number of carbonyl (C=O) groups is 2. The lowest BCUT2D eigenvalue weighted by atomic mass is 9.95. The lowest BCUT2D eigenvalue weighted by Gasteiger charge is -2.29. The number of carboxylic acid groups (broad SMARTS) is 1. The van der Waals surface area contributed by atoms with Gasteiger partial charge in [0.2, 0.25) is 0 Å². The van der Waals surface area contributed by atoms with E-state index in [0.717, 1.165) is 0 Å². The van der Waals surface area contributed by atoms with Crippen LogP contribution in [0.25, 0.3) is 0 Å². The molecule has 0 rings (SSSR count). The predicted molar refractivity (Wildman–Crippen MR) is 59.7 cm³/mol. The molecule has 0 saturated carbocycles. The summed E-state index contributed by atoms with van der Waals surface area (Å²) in [7, 11) is 0. The van der Waals surface area contributed by atoms with Crippen LogP contribution >= 0.6 is 12.6 Å². The third-order valence-corrected chi connectivity index (χ3v) is 2.08. The van der Waals surface area contributed by atoms with Crippen molar-refractivity contribution in [1.29, 1.82) is 0 Å². The zero-order valence-corrected chi connectivity index (χ0v) is 10.5. The molecule has 0 heterocycles. The summed E-state index contributed by atoms with van der Waals surface area (Å²) in [6.07, 6.45) is 0. The van der Waals surface area contributed by atoms with Gasteiger partial charge in [-0.3, -0.25) is 4.79 Å². The number of hydroxylamine groups is 2. The highest BCUT2D eigenvalue weighted by molar-refractivity contribution is 7.80. The van der Waals surface area contributed by atoms with Gasteiger partial charge >= 0.3 is 11.1 Å². The zero-order valence-electron chi connectivity index (χ0n) is 9.61. The number of rotatable bonds is 5. The topological polar surface area (TPSA) is 110 Å². The van der Waals surface area contributed by atoms with E-state index < -0.39 is 28.4 Å². The minimum absolute atomic E-state index is 0.231. The third kappa shape index (κ3) is 4.47. The van der Waals surface area contributed by atoms with Crippen molar-refractivity contribution in [1.82, 2.24) is 5.06 Å². The fraction of sp³-hybridized carbons (Fsp3) is 0.750. The number of nitrogens with zero attached hydrogens (tertiary/aromatic N) is 2. The fourth-order valence-electron chi connectivity index (χ4n) is 0.890. The van der Waals surface area contributed by atoms with Gasteiger partial charge in [0.05, 0.1) is 0 Å². The van der Waals surface area contributed by atoms with Crippen molar-refractivity contribution < 1.29 is 24.7 Å². The largest absolute Gasteiger partial charge is 0.480 e. The number of amides is 1. The van der Waals surface area contributed by atoms with Gasteiger partial charge in [0, 0.05) is 11.2 Å². The highest BCUT2D eigenvalue weighted by Crippen LogP contribution is 2.20. The summed E-state index contributed by atoms with van der Waals surface area (Å²) in [5.74, 6) is -2.54. The average molecular weight is 266 g/mol. The van der Waals surface area contributed by atoms with Crippen LogP contribution in [0.5, 0.6) is 0 Å². The quantitative estimate of drug-likeness (QED) is 0.422. The van der Waals surface area contributed by atoms with E-state index in [0.29, 0.717) is 0 Å². The molecular formula is C8H14N2O6S. The van der Waals surface area contributed by atoms with Gasteiger partial charge in [-0.05, 0) is 0 Å². The van der Waals surface area contributed by atoms with Crippen LogP contribution in [0.1, 0.15) is 20.8 Å². The van der Waals surface area contributed by atoms with Crippen molar-refractivity contribution in [3.05, 3.63) is 10.1 Å².